The first kappa shape index (κ1) is 17.4. The minimum absolute atomic E-state index is 0.00789. The molecule has 0 radical (unpaired) electrons. The summed E-state index contributed by atoms with van der Waals surface area (Å²) in [6.07, 6.45) is 6.54. The number of amides is 1. The first-order valence-corrected chi connectivity index (χ1v) is 9.53. The number of aromatic nitrogens is 4. The van der Waals surface area contributed by atoms with Gasteiger partial charge in [0.2, 0.25) is 0 Å². The lowest BCUT2D eigenvalue weighted by Crippen LogP contribution is -2.49. The summed E-state index contributed by atoms with van der Waals surface area (Å²) in [6, 6.07) is 9.62. The van der Waals surface area contributed by atoms with E-state index in [-0.39, 0.29) is 5.91 Å². The van der Waals surface area contributed by atoms with Crippen LogP contribution in [0.15, 0.2) is 59.7 Å². The standard InChI is InChI=1S/C21H20N6O2/c1-15-12-20(25-7-9-26(10-8-25)21(28)17-4-11-29-14-17)27-19(23-15)13-18(24-27)16-2-5-22-6-3-16/h2-6,11-14H,7-10H2,1H3. The van der Waals surface area contributed by atoms with E-state index in [0.717, 1.165) is 41.5 Å². The van der Waals surface area contributed by atoms with Crippen molar-refractivity contribution < 1.29 is 9.21 Å². The van der Waals surface area contributed by atoms with Gasteiger partial charge in [-0.3, -0.25) is 9.78 Å². The Hall–Kier alpha value is -3.68. The molecule has 0 N–H and O–H groups in total. The molecule has 5 heterocycles. The summed E-state index contributed by atoms with van der Waals surface area (Å²) in [5.41, 5.74) is 4.20. The van der Waals surface area contributed by atoms with Gasteiger partial charge in [0.25, 0.3) is 5.91 Å². The predicted molar refractivity (Wildman–Crippen MR) is 108 cm³/mol. The van der Waals surface area contributed by atoms with Gasteiger partial charge in [-0.15, -0.1) is 0 Å². The van der Waals surface area contributed by atoms with E-state index in [9.17, 15) is 4.79 Å². The van der Waals surface area contributed by atoms with Crippen LogP contribution in [0.3, 0.4) is 0 Å². The Bertz CT molecular complexity index is 1140. The summed E-state index contributed by atoms with van der Waals surface area (Å²) in [5.74, 6) is 0.997. The van der Waals surface area contributed by atoms with Gasteiger partial charge in [-0.25, -0.2) is 4.98 Å². The highest BCUT2D eigenvalue weighted by molar-refractivity contribution is 5.94. The van der Waals surface area contributed by atoms with E-state index in [0.29, 0.717) is 18.7 Å². The zero-order valence-electron chi connectivity index (χ0n) is 16.0. The fourth-order valence-corrected chi connectivity index (χ4v) is 3.68. The van der Waals surface area contributed by atoms with Crippen molar-refractivity contribution in [2.75, 3.05) is 31.1 Å². The highest BCUT2D eigenvalue weighted by Crippen LogP contribution is 2.24. The second-order valence-corrected chi connectivity index (χ2v) is 7.08. The Labute approximate surface area is 167 Å². The summed E-state index contributed by atoms with van der Waals surface area (Å²) in [7, 11) is 0. The lowest BCUT2D eigenvalue weighted by atomic mass is 10.2. The predicted octanol–water partition coefficient (Wildman–Crippen LogP) is 2.66. The molecule has 0 atom stereocenters. The molecule has 0 unspecified atom stereocenters. The van der Waals surface area contributed by atoms with Crippen molar-refractivity contribution in [2.45, 2.75) is 6.92 Å². The highest BCUT2D eigenvalue weighted by Gasteiger charge is 2.24. The van der Waals surface area contributed by atoms with E-state index >= 15 is 0 Å². The van der Waals surface area contributed by atoms with Crippen LogP contribution in [0.2, 0.25) is 0 Å². The average molecular weight is 388 g/mol. The molecule has 4 aromatic heterocycles. The van der Waals surface area contributed by atoms with E-state index in [4.69, 9.17) is 9.52 Å². The minimum Gasteiger partial charge on any atom is -0.472 e. The van der Waals surface area contributed by atoms with Crippen molar-refractivity contribution in [3.63, 3.8) is 0 Å². The normalized spacial score (nSPS) is 14.5. The van der Waals surface area contributed by atoms with Crippen molar-refractivity contribution in [1.82, 2.24) is 24.5 Å². The topological polar surface area (TPSA) is 79.8 Å². The third kappa shape index (κ3) is 3.22. The molecule has 8 nitrogen and oxygen atoms in total. The zero-order chi connectivity index (χ0) is 19.8. The lowest BCUT2D eigenvalue weighted by molar-refractivity contribution is 0.0745. The molecule has 0 spiro atoms. The Morgan fingerprint density at radius 1 is 1.07 bits per heavy atom. The van der Waals surface area contributed by atoms with E-state index in [1.54, 1.807) is 18.5 Å². The van der Waals surface area contributed by atoms with Gasteiger partial charge >= 0.3 is 0 Å². The Morgan fingerprint density at radius 2 is 1.86 bits per heavy atom. The number of carbonyl (C=O) groups is 1. The number of anilines is 1. The number of furan rings is 1. The maximum absolute atomic E-state index is 12.5. The SMILES string of the molecule is Cc1cc(N2CCN(C(=O)c3ccoc3)CC2)n2nc(-c3ccncc3)cc2n1. The number of piperazine rings is 1. The van der Waals surface area contributed by atoms with Crippen LogP contribution in [-0.4, -0.2) is 56.6 Å². The van der Waals surface area contributed by atoms with Crippen LogP contribution < -0.4 is 4.90 Å². The zero-order valence-corrected chi connectivity index (χ0v) is 16.0. The molecule has 1 aliphatic heterocycles. The van der Waals surface area contributed by atoms with Crippen LogP contribution in [0.25, 0.3) is 16.9 Å². The second-order valence-electron chi connectivity index (χ2n) is 7.08. The number of carbonyl (C=O) groups excluding carboxylic acids is 1. The molecular weight excluding hydrogens is 368 g/mol. The number of fused-ring (bicyclic) bond motifs is 1. The molecule has 1 amide bonds. The van der Waals surface area contributed by atoms with E-state index < -0.39 is 0 Å². The number of aryl methyl sites for hydroxylation is 1. The molecule has 8 heteroatoms. The quantitative estimate of drug-likeness (QED) is 0.537. The van der Waals surface area contributed by atoms with Gasteiger partial charge in [0, 0.05) is 62.0 Å². The molecule has 1 aliphatic rings. The molecular formula is C21H20N6O2. The van der Waals surface area contributed by atoms with Gasteiger partial charge in [-0.05, 0) is 25.1 Å². The van der Waals surface area contributed by atoms with Gasteiger partial charge in [0.1, 0.15) is 12.1 Å². The molecule has 1 saturated heterocycles. The first-order valence-electron chi connectivity index (χ1n) is 9.53. The second kappa shape index (κ2) is 7.05. The van der Waals surface area contributed by atoms with Crippen molar-refractivity contribution in [2.24, 2.45) is 0 Å². The first-order chi connectivity index (χ1) is 14.2. The number of nitrogens with zero attached hydrogens (tertiary/aromatic N) is 6. The summed E-state index contributed by atoms with van der Waals surface area (Å²) < 4.78 is 6.92. The highest BCUT2D eigenvalue weighted by atomic mass is 16.3. The van der Waals surface area contributed by atoms with Gasteiger partial charge in [-0.2, -0.15) is 9.61 Å². The van der Waals surface area contributed by atoms with Crippen molar-refractivity contribution in [3.8, 4) is 11.3 Å². The van der Waals surface area contributed by atoms with E-state index in [2.05, 4.69) is 14.9 Å². The fourth-order valence-electron chi connectivity index (χ4n) is 3.68. The fraction of sp³-hybridized carbons (Fsp3) is 0.238. The maximum Gasteiger partial charge on any atom is 0.257 e. The van der Waals surface area contributed by atoms with E-state index in [1.807, 2.05) is 40.6 Å². The molecule has 146 valence electrons. The van der Waals surface area contributed by atoms with Crippen molar-refractivity contribution in [1.29, 1.82) is 0 Å². The number of pyridine rings is 1. The molecule has 1 fully saturated rings. The van der Waals surface area contributed by atoms with Crippen LogP contribution in [-0.2, 0) is 0 Å². The van der Waals surface area contributed by atoms with E-state index in [1.165, 1.54) is 12.5 Å². The molecule has 29 heavy (non-hydrogen) atoms. The summed E-state index contributed by atoms with van der Waals surface area (Å²) >= 11 is 0. The van der Waals surface area contributed by atoms with Gasteiger partial charge in [0.05, 0.1) is 17.5 Å². The monoisotopic (exact) mass is 388 g/mol. The van der Waals surface area contributed by atoms with Crippen LogP contribution in [0.1, 0.15) is 16.1 Å². The number of hydrogen-bond donors (Lipinski definition) is 0. The van der Waals surface area contributed by atoms with Crippen LogP contribution in [0, 0.1) is 6.92 Å². The summed E-state index contributed by atoms with van der Waals surface area (Å²) in [5, 5.41) is 4.79. The van der Waals surface area contributed by atoms with Gasteiger partial charge in [0.15, 0.2) is 5.65 Å². The third-order valence-corrected chi connectivity index (χ3v) is 5.17. The van der Waals surface area contributed by atoms with Crippen molar-refractivity contribution in [3.05, 3.63) is 66.5 Å². The molecule has 0 aliphatic carbocycles. The maximum atomic E-state index is 12.5. The molecule has 0 saturated carbocycles. The number of rotatable bonds is 3. The van der Waals surface area contributed by atoms with Crippen molar-refractivity contribution >= 4 is 17.4 Å². The largest absolute Gasteiger partial charge is 0.472 e. The number of hydrogen-bond acceptors (Lipinski definition) is 6. The summed E-state index contributed by atoms with van der Waals surface area (Å²) in [6.45, 7) is 4.73. The van der Waals surface area contributed by atoms with Crippen LogP contribution >= 0.6 is 0 Å². The van der Waals surface area contributed by atoms with Gasteiger partial charge in [-0.1, -0.05) is 0 Å². The Morgan fingerprint density at radius 3 is 2.59 bits per heavy atom. The molecule has 4 aromatic rings. The molecule has 0 aromatic carbocycles. The third-order valence-electron chi connectivity index (χ3n) is 5.17. The molecule has 0 bridgehead atoms. The summed E-state index contributed by atoms with van der Waals surface area (Å²) in [4.78, 5) is 25.4. The average Bonchev–Trinajstić information content (AvgIpc) is 3.43. The molecule has 5 rings (SSSR count). The van der Waals surface area contributed by atoms with Crippen LogP contribution in [0.5, 0.6) is 0 Å². The Kier molecular flexibility index (Phi) is 4.23. The minimum atomic E-state index is 0.00789. The smallest absolute Gasteiger partial charge is 0.257 e. The van der Waals surface area contributed by atoms with Crippen LogP contribution in [0.4, 0.5) is 5.82 Å². The van der Waals surface area contributed by atoms with Gasteiger partial charge < -0.3 is 14.2 Å². The Balaban J connectivity index is 1.42. The lowest BCUT2D eigenvalue weighted by Gasteiger charge is -2.35.